The second-order valence-electron chi connectivity index (χ2n) is 5.83. The summed E-state index contributed by atoms with van der Waals surface area (Å²) in [5.41, 5.74) is 1.03. The fourth-order valence-electron chi connectivity index (χ4n) is 2.59. The zero-order chi connectivity index (χ0) is 17.7. The van der Waals surface area contributed by atoms with Gasteiger partial charge < -0.3 is 10.6 Å². The number of aryl methyl sites for hydroxylation is 1. The van der Waals surface area contributed by atoms with Gasteiger partial charge in [0, 0.05) is 38.7 Å². The average Bonchev–Trinajstić information content (AvgIpc) is 3.06. The molecule has 1 aromatic carbocycles. The van der Waals surface area contributed by atoms with Gasteiger partial charge in [0.2, 0.25) is 15.9 Å². The van der Waals surface area contributed by atoms with Crippen LogP contribution in [-0.4, -0.2) is 50.7 Å². The summed E-state index contributed by atoms with van der Waals surface area (Å²) in [5.74, 6) is -0.518. The molecule has 0 bridgehead atoms. The standard InChI is InChI=1S/C16H23N3O4S/c1-12-5-6-14(24(22,23)19-9-3-4-10-19)11-15(12)16(21)18-8-7-17-13(2)20/h5-6,11H,3-4,7-10H2,1-2H3,(H,17,20)(H,18,21). The monoisotopic (exact) mass is 353 g/mol. The number of nitrogens with zero attached hydrogens (tertiary/aromatic N) is 1. The molecule has 0 spiro atoms. The Bertz CT molecular complexity index is 725. The lowest BCUT2D eigenvalue weighted by Crippen LogP contribution is -2.34. The summed E-state index contributed by atoms with van der Waals surface area (Å²) in [6.07, 6.45) is 1.73. The predicted molar refractivity (Wildman–Crippen MR) is 90.2 cm³/mol. The minimum absolute atomic E-state index is 0.141. The Hall–Kier alpha value is -1.93. The van der Waals surface area contributed by atoms with Gasteiger partial charge in [0.1, 0.15) is 0 Å². The number of rotatable bonds is 6. The summed E-state index contributed by atoms with van der Waals surface area (Å²) in [4.78, 5) is 23.2. The van der Waals surface area contributed by atoms with Gasteiger partial charge in [-0.3, -0.25) is 9.59 Å². The quantitative estimate of drug-likeness (QED) is 0.734. The lowest BCUT2D eigenvalue weighted by atomic mass is 10.1. The molecule has 2 N–H and O–H groups in total. The fraction of sp³-hybridized carbons (Fsp3) is 0.500. The Kier molecular flexibility index (Phi) is 5.95. The van der Waals surface area contributed by atoms with Crippen LogP contribution in [0.5, 0.6) is 0 Å². The Morgan fingerprint density at radius 2 is 1.75 bits per heavy atom. The van der Waals surface area contributed by atoms with Gasteiger partial charge in [-0.1, -0.05) is 6.07 Å². The SMILES string of the molecule is CC(=O)NCCNC(=O)c1cc(S(=O)(=O)N2CCCC2)ccc1C. The van der Waals surface area contributed by atoms with Crippen molar-refractivity contribution in [2.24, 2.45) is 0 Å². The van der Waals surface area contributed by atoms with E-state index in [1.54, 1.807) is 13.0 Å². The normalized spacial score (nSPS) is 15.2. The van der Waals surface area contributed by atoms with E-state index in [0.717, 1.165) is 12.8 Å². The number of carbonyl (C=O) groups excluding carboxylic acids is 2. The molecule has 8 heteroatoms. The van der Waals surface area contributed by atoms with Crippen molar-refractivity contribution in [2.75, 3.05) is 26.2 Å². The number of sulfonamides is 1. The first kappa shape index (κ1) is 18.4. The van der Waals surface area contributed by atoms with Crippen LogP contribution in [0.4, 0.5) is 0 Å². The van der Waals surface area contributed by atoms with E-state index < -0.39 is 10.0 Å². The highest BCUT2D eigenvalue weighted by atomic mass is 32.2. The van der Waals surface area contributed by atoms with Crippen molar-refractivity contribution in [2.45, 2.75) is 31.6 Å². The Morgan fingerprint density at radius 3 is 2.38 bits per heavy atom. The lowest BCUT2D eigenvalue weighted by Gasteiger charge is -2.17. The van der Waals surface area contributed by atoms with Crippen LogP contribution < -0.4 is 10.6 Å². The molecule has 1 saturated heterocycles. The minimum atomic E-state index is -3.55. The predicted octanol–water partition coefficient (Wildman–Crippen LogP) is 0.645. The molecule has 24 heavy (non-hydrogen) atoms. The van der Waals surface area contributed by atoms with Crippen LogP contribution in [0.15, 0.2) is 23.1 Å². The van der Waals surface area contributed by atoms with E-state index >= 15 is 0 Å². The fourth-order valence-corrected chi connectivity index (χ4v) is 4.14. The van der Waals surface area contributed by atoms with E-state index in [9.17, 15) is 18.0 Å². The first-order valence-electron chi connectivity index (χ1n) is 7.96. The third kappa shape index (κ3) is 4.33. The molecular formula is C16H23N3O4S. The molecule has 0 unspecified atom stereocenters. The molecule has 0 saturated carbocycles. The van der Waals surface area contributed by atoms with Crippen LogP contribution in [0.1, 0.15) is 35.7 Å². The molecule has 132 valence electrons. The topological polar surface area (TPSA) is 95.6 Å². The maximum Gasteiger partial charge on any atom is 0.251 e. The van der Waals surface area contributed by atoms with Crippen molar-refractivity contribution in [3.63, 3.8) is 0 Å². The van der Waals surface area contributed by atoms with Crippen LogP contribution in [0.3, 0.4) is 0 Å². The van der Waals surface area contributed by atoms with Crippen molar-refractivity contribution in [1.82, 2.24) is 14.9 Å². The molecule has 0 atom stereocenters. The number of hydrogen-bond donors (Lipinski definition) is 2. The van der Waals surface area contributed by atoms with E-state index in [1.807, 2.05) is 0 Å². The maximum atomic E-state index is 12.6. The van der Waals surface area contributed by atoms with Gasteiger partial charge in [-0.2, -0.15) is 4.31 Å². The number of carbonyl (C=O) groups is 2. The van der Waals surface area contributed by atoms with Crippen LogP contribution in [-0.2, 0) is 14.8 Å². The van der Waals surface area contributed by atoms with Crippen LogP contribution >= 0.6 is 0 Å². The summed E-state index contributed by atoms with van der Waals surface area (Å²) in [6.45, 7) is 4.81. The molecule has 0 aromatic heterocycles. The third-order valence-corrected chi connectivity index (χ3v) is 5.84. The summed E-state index contributed by atoms with van der Waals surface area (Å²) in [5, 5.41) is 5.26. The zero-order valence-electron chi connectivity index (χ0n) is 14.0. The molecule has 0 aliphatic carbocycles. The van der Waals surface area contributed by atoms with Crippen molar-refractivity contribution < 1.29 is 18.0 Å². The lowest BCUT2D eigenvalue weighted by molar-refractivity contribution is -0.118. The summed E-state index contributed by atoms with van der Waals surface area (Å²) in [7, 11) is -3.55. The van der Waals surface area contributed by atoms with Gasteiger partial charge in [-0.25, -0.2) is 8.42 Å². The van der Waals surface area contributed by atoms with Crippen molar-refractivity contribution in [3.8, 4) is 0 Å². The van der Waals surface area contributed by atoms with Gasteiger partial charge in [-0.05, 0) is 37.5 Å². The second-order valence-corrected chi connectivity index (χ2v) is 7.76. The second kappa shape index (κ2) is 7.76. The number of amides is 2. The van der Waals surface area contributed by atoms with E-state index in [-0.39, 0.29) is 23.3 Å². The molecular weight excluding hydrogens is 330 g/mol. The van der Waals surface area contributed by atoms with E-state index in [4.69, 9.17) is 0 Å². The van der Waals surface area contributed by atoms with Gasteiger partial charge >= 0.3 is 0 Å². The average molecular weight is 353 g/mol. The smallest absolute Gasteiger partial charge is 0.251 e. The zero-order valence-corrected chi connectivity index (χ0v) is 14.8. The molecule has 7 nitrogen and oxygen atoms in total. The first-order valence-corrected chi connectivity index (χ1v) is 9.40. The summed E-state index contributed by atoms with van der Waals surface area (Å²) >= 11 is 0. The molecule has 0 radical (unpaired) electrons. The maximum absolute atomic E-state index is 12.6. The third-order valence-electron chi connectivity index (χ3n) is 3.94. The molecule has 1 aliphatic heterocycles. The number of benzene rings is 1. The highest BCUT2D eigenvalue weighted by Gasteiger charge is 2.28. The van der Waals surface area contributed by atoms with E-state index in [1.165, 1.54) is 23.4 Å². The highest BCUT2D eigenvalue weighted by molar-refractivity contribution is 7.89. The molecule has 2 rings (SSSR count). The Labute approximate surface area is 142 Å². The van der Waals surface area contributed by atoms with Gasteiger partial charge in [0.05, 0.1) is 4.90 Å². The largest absolute Gasteiger partial charge is 0.355 e. The molecule has 1 heterocycles. The van der Waals surface area contributed by atoms with Crippen LogP contribution in [0.2, 0.25) is 0 Å². The van der Waals surface area contributed by atoms with E-state index in [0.29, 0.717) is 30.8 Å². The van der Waals surface area contributed by atoms with Crippen molar-refractivity contribution >= 4 is 21.8 Å². The van der Waals surface area contributed by atoms with Crippen molar-refractivity contribution in [1.29, 1.82) is 0 Å². The molecule has 2 amide bonds. The molecule has 1 aromatic rings. The van der Waals surface area contributed by atoms with Gasteiger partial charge in [0.15, 0.2) is 0 Å². The van der Waals surface area contributed by atoms with Crippen LogP contribution in [0, 0.1) is 6.92 Å². The summed E-state index contributed by atoms with van der Waals surface area (Å²) < 4.78 is 26.7. The van der Waals surface area contributed by atoms with Crippen LogP contribution in [0.25, 0.3) is 0 Å². The number of nitrogens with one attached hydrogen (secondary N) is 2. The Morgan fingerprint density at radius 1 is 1.12 bits per heavy atom. The number of hydrogen-bond acceptors (Lipinski definition) is 4. The molecule has 1 fully saturated rings. The van der Waals surface area contributed by atoms with E-state index in [2.05, 4.69) is 10.6 Å². The minimum Gasteiger partial charge on any atom is -0.355 e. The van der Waals surface area contributed by atoms with Gasteiger partial charge in [0.25, 0.3) is 5.91 Å². The highest BCUT2D eigenvalue weighted by Crippen LogP contribution is 2.23. The molecule has 1 aliphatic rings. The summed E-state index contributed by atoms with van der Waals surface area (Å²) in [6, 6.07) is 4.61. The Balaban J connectivity index is 2.13. The van der Waals surface area contributed by atoms with Gasteiger partial charge in [-0.15, -0.1) is 0 Å². The first-order chi connectivity index (χ1) is 11.3. The van der Waals surface area contributed by atoms with Crippen molar-refractivity contribution in [3.05, 3.63) is 29.3 Å².